The van der Waals surface area contributed by atoms with Crippen molar-refractivity contribution in [2.45, 2.75) is 52.4 Å². The molecule has 148 valence electrons. The minimum Gasteiger partial charge on any atom is -0.289 e. The summed E-state index contributed by atoms with van der Waals surface area (Å²) in [7, 11) is 0. The Morgan fingerprint density at radius 3 is 1.46 bits per heavy atom. The molecule has 2 aromatic carbocycles. The molecular weight excluding hydrogens is 364 g/mol. The second-order valence-corrected chi connectivity index (χ2v) is 9.91. The lowest BCUT2D eigenvalue weighted by Crippen LogP contribution is -2.12. The molecule has 0 aliphatic rings. The molecular formula is C25H30O2S. The molecule has 0 saturated carbocycles. The van der Waals surface area contributed by atoms with E-state index in [0.717, 1.165) is 0 Å². The van der Waals surface area contributed by atoms with E-state index in [1.807, 2.05) is 54.8 Å². The molecule has 0 amide bonds. The molecule has 0 aliphatic heterocycles. The van der Waals surface area contributed by atoms with Crippen molar-refractivity contribution in [2.24, 2.45) is 0 Å². The van der Waals surface area contributed by atoms with Gasteiger partial charge in [-0.2, -0.15) is 0 Å². The third-order valence-electron chi connectivity index (χ3n) is 4.75. The van der Waals surface area contributed by atoms with Crippen molar-refractivity contribution < 1.29 is 9.59 Å². The van der Waals surface area contributed by atoms with Crippen molar-refractivity contribution in [1.82, 2.24) is 0 Å². The molecule has 3 heteroatoms. The summed E-state index contributed by atoms with van der Waals surface area (Å²) in [5.41, 5.74) is 3.62. The molecule has 2 aromatic rings. The predicted molar refractivity (Wildman–Crippen MR) is 121 cm³/mol. The zero-order valence-electron chi connectivity index (χ0n) is 17.9. The van der Waals surface area contributed by atoms with Crippen LogP contribution < -0.4 is 0 Å². The van der Waals surface area contributed by atoms with Crippen molar-refractivity contribution in [3.8, 4) is 0 Å². The maximum absolute atomic E-state index is 12.8. The number of hydrogen-bond acceptors (Lipinski definition) is 3. The van der Waals surface area contributed by atoms with Gasteiger partial charge in [-0.25, -0.2) is 0 Å². The van der Waals surface area contributed by atoms with Gasteiger partial charge in [-0.05, 0) is 28.2 Å². The third kappa shape index (κ3) is 5.45. The topological polar surface area (TPSA) is 34.1 Å². The van der Waals surface area contributed by atoms with E-state index in [2.05, 4.69) is 41.5 Å². The highest BCUT2D eigenvalue weighted by Crippen LogP contribution is 2.25. The number of Topliss-reactive ketones (excluding diaryl/α,β-unsaturated/α-hetero) is 1. The fraction of sp³-hybridized carbons (Fsp3) is 0.360. The van der Waals surface area contributed by atoms with Gasteiger partial charge >= 0.3 is 0 Å². The minimum atomic E-state index is -0.149. The maximum atomic E-state index is 12.8. The molecule has 0 radical (unpaired) electrons. The maximum Gasteiger partial charge on any atom is 0.199 e. The first-order chi connectivity index (χ1) is 12.9. The lowest BCUT2D eigenvalue weighted by atomic mass is 9.86. The van der Waals surface area contributed by atoms with Crippen molar-refractivity contribution >= 4 is 23.3 Å². The highest BCUT2D eigenvalue weighted by Gasteiger charge is 2.18. The van der Waals surface area contributed by atoms with Gasteiger partial charge in [0.25, 0.3) is 0 Å². The van der Waals surface area contributed by atoms with Crippen LogP contribution in [0, 0.1) is 0 Å². The molecule has 0 unspecified atom stereocenters. The van der Waals surface area contributed by atoms with Gasteiger partial charge in [-0.3, -0.25) is 9.59 Å². The van der Waals surface area contributed by atoms with Crippen LogP contribution in [0.4, 0.5) is 0 Å². The van der Waals surface area contributed by atoms with E-state index in [1.54, 1.807) is 0 Å². The van der Waals surface area contributed by atoms with Gasteiger partial charge in [-0.15, -0.1) is 11.8 Å². The molecule has 28 heavy (non-hydrogen) atoms. The van der Waals surface area contributed by atoms with Crippen LogP contribution in [0.2, 0.25) is 0 Å². The van der Waals surface area contributed by atoms with E-state index < -0.39 is 0 Å². The van der Waals surface area contributed by atoms with Gasteiger partial charge in [0, 0.05) is 17.2 Å². The van der Waals surface area contributed by atoms with Crippen LogP contribution in [-0.2, 0) is 10.8 Å². The van der Waals surface area contributed by atoms with Crippen LogP contribution in [0.1, 0.15) is 73.4 Å². The Bertz CT molecular complexity index is 874. The highest BCUT2D eigenvalue weighted by molar-refractivity contribution is 8.03. The second kappa shape index (κ2) is 8.48. The zero-order chi connectivity index (χ0) is 21.1. The number of benzene rings is 2. The van der Waals surface area contributed by atoms with Gasteiger partial charge < -0.3 is 0 Å². The normalized spacial score (nSPS) is 12.8. The smallest absolute Gasteiger partial charge is 0.199 e. The number of ketones is 2. The fourth-order valence-corrected chi connectivity index (χ4v) is 3.35. The first-order valence-corrected chi connectivity index (χ1v) is 10.7. The largest absolute Gasteiger partial charge is 0.289 e. The number of carbonyl (C=O) groups excluding carboxylic acids is 2. The standard InChI is InChI=1S/C25H30O2S/c1-24(2,3)19-12-8-17(9-13-19)21(26)16-22(28-7)23(27)18-10-14-20(15-11-18)25(4,5)6/h8-16H,1-7H3/b22-16-. The fourth-order valence-electron chi connectivity index (χ4n) is 2.82. The Morgan fingerprint density at radius 2 is 1.11 bits per heavy atom. The monoisotopic (exact) mass is 394 g/mol. The summed E-state index contributed by atoms with van der Waals surface area (Å²) < 4.78 is 0. The average molecular weight is 395 g/mol. The Morgan fingerprint density at radius 1 is 0.714 bits per heavy atom. The summed E-state index contributed by atoms with van der Waals surface area (Å²) in [4.78, 5) is 26.0. The lowest BCUT2D eigenvalue weighted by molar-refractivity contribution is 0.101. The van der Waals surface area contributed by atoms with Gasteiger partial charge in [-0.1, -0.05) is 90.1 Å². The third-order valence-corrected chi connectivity index (χ3v) is 5.50. The van der Waals surface area contributed by atoms with E-state index in [9.17, 15) is 9.59 Å². The Kier molecular flexibility index (Phi) is 6.71. The molecule has 0 N–H and O–H groups in total. The van der Waals surface area contributed by atoms with Crippen LogP contribution in [0.15, 0.2) is 59.5 Å². The SMILES string of the molecule is CS/C(=C\C(=O)c1ccc(C(C)(C)C)cc1)C(=O)c1ccc(C(C)(C)C)cc1. The molecule has 0 saturated heterocycles. The minimum absolute atomic E-state index is 0.0366. The molecule has 0 heterocycles. The van der Waals surface area contributed by atoms with Crippen LogP contribution in [0.25, 0.3) is 0 Å². The molecule has 2 rings (SSSR count). The van der Waals surface area contributed by atoms with Crippen molar-refractivity contribution in [2.75, 3.05) is 6.26 Å². The summed E-state index contributed by atoms with van der Waals surface area (Å²) in [6.07, 6.45) is 3.28. The number of thioether (sulfide) groups is 1. The predicted octanol–water partition coefficient (Wildman–Crippen LogP) is 6.59. The molecule has 0 spiro atoms. The lowest BCUT2D eigenvalue weighted by Gasteiger charge is -2.19. The average Bonchev–Trinajstić information content (AvgIpc) is 2.64. The van der Waals surface area contributed by atoms with E-state index >= 15 is 0 Å². The van der Waals surface area contributed by atoms with Crippen molar-refractivity contribution in [3.05, 3.63) is 81.8 Å². The Balaban J connectivity index is 2.24. The summed E-state index contributed by atoms with van der Waals surface area (Å²) >= 11 is 1.30. The molecule has 0 aliphatic carbocycles. The first-order valence-electron chi connectivity index (χ1n) is 9.49. The van der Waals surface area contributed by atoms with E-state index in [1.165, 1.54) is 29.0 Å². The summed E-state index contributed by atoms with van der Waals surface area (Å²) in [6.45, 7) is 12.8. The van der Waals surface area contributed by atoms with Crippen LogP contribution in [0.3, 0.4) is 0 Å². The molecule has 0 bridgehead atoms. The molecule has 0 atom stereocenters. The number of rotatable bonds is 5. The Labute approximate surface area is 173 Å². The molecule has 0 fully saturated rings. The highest BCUT2D eigenvalue weighted by atomic mass is 32.2. The summed E-state index contributed by atoms with van der Waals surface area (Å²) in [5, 5.41) is 0. The van der Waals surface area contributed by atoms with E-state index in [-0.39, 0.29) is 22.4 Å². The second-order valence-electron chi connectivity index (χ2n) is 9.06. The number of carbonyl (C=O) groups is 2. The quantitative estimate of drug-likeness (QED) is 0.423. The van der Waals surface area contributed by atoms with Gasteiger partial charge in [0.2, 0.25) is 0 Å². The van der Waals surface area contributed by atoms with Crippen LogP contribution in [-0.4, -0.2) is 17.8 Å². The van der Waals surface area contributed by atoms with Crippen LogP contribution >= 0.6 is 11.8 Å². The van der Waals surface area contributed by atoms with Gasteiger partial charge in [0.15, 0.2) is 11.6 Å². The van der Waals surface area contributed by atoms with Gasteiger partial charge in [0.1, 0.15) is 0 Å². The van der Waals surface area contributed by atoms with E-state index in [0.29, 0.717) is 16.0 Å². The number of hydrogen-bond donors (Lipinski definition) is 0. The first kappa shape index (κ1) is 22.2. The van der Waals surface area contributed by atoms with Crippen LogP contribution in [0.5, 0.6) is 0 Å². The molecule has 0 aromatic heterocycles. The molecule has 2 nitrogen and oxygen atoms in total. The number of allylic oxidation sites excluding steroid dienone is 2. The van der Waals surface area contributed by atoms with Crippen molar-refractivity contribution in [3.63, 3.8) is 0 Å². The zero-order valence-corrected chi connectivity index (χ0v) is 18.7. The van der Waals surface area contributed by atoms with E-state index in [4.69, 9.17) is 0 Å². The van der Waals surface area contributed by atoms with Gasteiger partial charge in [0.05, 0.1) is 4.91 Å². The van der Waals surface area contributed by atoms with Crippen molar-refractivity contribution in [1.29, 1.82) is 0 Å². The summed E-state index contributed by atoms with van der Waals surface area (Å²) in [5.74, 6) is -0.267. The Hall–Kier alpha value is -2.13. The summed E-state index contributed by atoms with van der Waals surface area (Å²) in [6, 6.07) is 15.3.